The van der Waals surface area contributed by atoms with E-state index in [0.717, 1.165) is 18.4 Å². The number of morpholine rings is 1. The van der Waals surface area contributed by atoms with Gasteiger partial charge in [0, 0.05) is 6.42 Å². The van der Waals surface area contributed by atoms with Crippen LogP contribution in [0.2, 0.25) is 0 Å². The van der Waals surface area contributed by atoms with Gasteiger partial charge in [-0.05, 0) is 31.2 Å². The second-order valence-electron chi connectivity index (χ2n) is 6.64. The summed E-state index contributed by atoms with van der Waals surface area (Å²) < 4.78 is 16.2. The number of fused-ring (bicyclic) bond motifs is 2. The van der Waals surface area contributed by atoms with E-state index >= 15 is 0 Å². The van der Waals surface area contributed by atoms with Gasteiger partial charge in [-0.25, -0.2) is 4.79 Å². The molecule has 2 aliphatic heterocycles. The SMILES string of the molecule is CCOC(=O)CC1CC2COCC(C1)N2C(=O)OCc1ccccc1. The summed E-state index contributed by atoms with van der Waals surface area (Å²) >= 11 is 0. The van der Waals surface area contributed by atoms with Crippen molar-refractivity contribution in [3.05, 3.63) is 35.9 Å². The zero-order valence-corrected chi connectivity index (χ0v) is 14.6. The molecular weight excluding hydrogens is 322 g/mol. The molecule has 2 bridgehead atoms. The van der Waals surface area contributed by atoms with E-state index in [1.165, 1.54) is 0 Å². The summed E-state index contributed by atoms with van der Waals surface area (Å²) in [4.78, 5) is 26.1. The van der Waals surface area contributed by atoms with Crippen LogP contribution in [0.3, 0.4) is 0 Å². The molecule has 2 aliphatic rings. The van der Waals surface area contributed by atoms with Gasteiger partial charge in [0.2, 0.25) is 0 Å². The van der Waals surface area contributed by atoms with Crippen molar-refractivity contribution in [1.82, 2.24) is 4.90 Å². The van der Waals surface area contributed by atoms with E-state index in [1.54, 1.807) is 0 Å². The average Bonchev–Trinajstić information content (AvgIpc) is 2.60. The molecule has 0 N–H and O–H groups in total. The maximum absolute atomic E-state index is 12.6. The topological polar surface area (TPSA) is 65.1 Å². The molecule has 2 atom stereocenters. The molecule has 2 fully saturated rings. The first-order valence-electron chi connectivity index (χ1n) is 8.89. The van der Waals surface area contributed by atoms with E-state index in [2.05, 4.69) is 0 Å². The van der Waals surface area contributed by atoms with Crippen molar-refractivity contribution in [3.63, 3.8) is 0 Å². The van der Waals surface area contributed by atoms with E-state index < -0.39 is 0 Å². The number of benzene rings is 1. The molecule has 2 unspecified atom stereocenters. The molecule has 0 saturated carbocycles. The van der Waals surface area contributed by atoms with E-state index in [-0.39, 0.29) is 36.7 Å². The number of amides is 1. The summed E-state index contributed by atoms with van der Waals surface area (Å²) in [5.74, 6) is 0.0720. The number of rotatable bonds is 5. The number of esters is 1. The monoisotopic (exact) mass is 347 g/mol. The highest BCUT2D eigenvalue weighted by Gasteiger charge is 2.43. The van der Waals surface area contributed by atoms with Gasteiger partial charge in [-0.2, -0.15) is 0 Å². The number of hydrogen-bond donors (Lipinski definition) is 0. The molecule has 1 aromatic rings. The van der Waals surface area contributed by atoms with E-state index in [9.17, 15) is 9.59 Å². The molecule has 6 nitrogen and oxygen atoms in total. The van der Waals surface area contributed by atoms with Gasteiger partial charge in [-0.1, -0.05) is 30.3 Å². The highest BCUT2D eigenvalue weighted by atomic mass is 16.6. The highest BCUT2D eigenvalue weighted by Crippen LogP contribution is 2.34. The van der Waals surface area contributed by atoms with Crippen LogP contribution in [0.15, 0.2) is 30.3 Å². The zero-order valence-electron chi connectivity index (χ0n) is 14.6. The number of hydrogen-bond acceptors (Lipinski definition) is 5. The molecule has 2 saturated heterocycles. The van der Waals surface area contributed by atoms with Crippen molar-refractivity contribution in [2.24, 2.45) is 5.92 Å². The molecule has 0 aliphatic carbocycles. The van der Waals surface area contributed by atoms with Gasteiger partial charge in [0.15, 0.2) is 0 Å². The minimum absolute atomic E-state index is 0.0322. The third kappa shape index (κ3) is 4.51. The van der Waals surface area contributed by atoms with Crippen molar-refractivity contribution in [2.45, 2.75) is 44.9 Å². The predicted octanol–water partition coefficient (Wildman–Crippen LogP) is 2.76. The summed E-state index contributed by atoms with van der Waals surface area (Å²) in [6.07, 6.45) is 1.61. The van der Waals surface area contributed by atoms with Gasteiger partial charge in [0.05, 0.1) is 31.9 Å². The first kappa shape index (κ1) is 17.7. The third-order valence-electron chi connectivity index (χ3n) is 4.79. The van der Waals surface area contributed by atoms with Crippen molar-refractivity contribution in [3.8, 4) is 0 Å². The fourth-order valence-corrected chi connectivity index (χ4v) is 3.74. The molecule has 25 heavy (non-hydrogen) atoms. The number of carbonyl (C=O) groups is 2. The van der Waals surface area contributed by atoms with Crippen molar-refractivity contribution in [1.29, 1.82) is 0 Å². The Morgan fingerprint density at radius 3 is 2.44 bits per heavy atom. The summed E-state index contributed by atoms with van der Waals surface area (Å²) in [5, 5.41) is 0. The predicted molar refractivity (Wildman–Crippen MR) is 90.8 cm³/mol. The summed E-state index contributed by atoms with van der Waals surface area (Å²) in [6.45, 7) is 3.47. The highest BCUT2D eigenvalue weighted by molar-refractivity contribution is 5.70. The van der Waals surface area contributed by atoms with Crippen LogP contribution in [0.25, 0.3) is 0 Å². The number of piperidine rings is 1. The van der Waals surface area contributed by atoms with E-state index in [4.69, 9.17) is 14.2 Å². The van der Waals surface area contributed by atoms with Crippen LogP contribution < -0.4 is 0 Å². The van der Waals surface area contributed by atoms with Gasteiger partial charge in [-0.3, -0.25) is 9.69 Å². The first-order chi connectivity index (χ1) is 12.2. The molecule has 0 radical (unpaired) electrons. The molecule has 136 valence electrons. The Kier molecular flexibility index (Phi) is 5.91. The van der Waals surface area contributed by atoms with Crippen LogP contribution >= 0.6 is 0 Å². The minimum atomic E-state index is -0.295. The van der Waals surface area contributed by atoms with Crippen LogP contribution in [0.1, 0.15) is 31.7 Å². The quantitative estimate of drug-likeness (QED) is 0.766. The average molecular weight is 347 g/mol. The Bertz CT molecular complexity index is 577. The Morgan fingerprint density at radius 2 is 1.80 bits per heavy atom. The van der Waals surface area contributed by atoms with Crippen molar-refractivity contribution < 1.29 is 23.8 Å². The third-order valence-corrected chi connectivity index (χ3v) is 4.79. The van der Waals surface area contributed by atoms with Crippen LogP contribution in [0.4, 0.5) is 4.79 Å². The number of carbonyl (C=O) groups excluding carboxylic acids is 2. The fraction of sp³-hybridized carbons (Fsp3) is 0.579. The maximum atomic E-state index is 12.6. The van der Waals surface area contributed by atoms with Gasteiger partial charge in [0.1, 0.15) is 6.61 Å². The lowest BCUT2D eigenvalue weighted by atomic mass is 9.83. The molecule has 2 heterocycles. The Hall–Kier alpha value is -2.08. The largest absolute Gasteiger partial charge is 0.466 e. The number of ether oxygens (including phenoxy) is 3. The normalized spacial score (nSPS) is 25.3. The molecule has 0 spiro atoms. The zero-order chi connectivity index (χ0) is 17.6. The Balaban J connectivity index is 1.57. The summed E-state index contributed by atoms with van der Waals surface area (Å²) in [5.41, 5.74) is 0.967. The smallest absolute Gasteiger partial charge is 0.410 e. The minimum Gasteiger partial charge on any atom is -0.466 e. The van der Waals surface area contributed by atoms with Gasteiger partial charge in [0.25, 0.3) is 0 Å². The van der Waals surface area contributed by atoms with Gasteiger partial charge in [-0.15, -0.1) is 0 Å². The Morgan fingerprint density at radius 1 is 1.12 bits per heavy atom. The van der Waals surface area contributed by atoms with Crippen molar-refractivity contribution in [2.75, 3.05) is 19.8 Å². The van der Waals surface area contributed by atoms with E-state index in [0.29, 0.717) is 26.2 Å². The number of nitrogens with zero attached hydrogens (tertiary/aromatic N) is 1. The van der Waals surface area contributed by atoms with Crippen molar-refractivity contribution >= 4 is 12.1 Å². The first-order valence-corrected chi connectivity index (χ1v) is 8.89. The van der Waals surface area contributed by atoms with Crippen LogP contribution in [-0.2, 0) is 25.6 Å². The summed E-state index contributed by atoms with van der Waals surface area (Å²) in [6, 6.07) is 9.58. The fourth-order valence-electron chi connectivity index (χ4n) is 3.74. The van der Waals surface area contributed by atoms with E-state index in [1.807, 2.05) is 42.2 Å². The van der Waals surface area contributed by atoms with Gasteiger partial charge < -0.3 is 14.2 Å². The molecule has 3 rings (SSSR count). The molecule has 0 aromatic heterocycles. The van der Waals surface area contributed by atoms with Crippen LogP contribution in [0.5, 0.6) is 0 Å². The second-order valence-corrected chi connectivity index (χ2v) is 6.64. The van der Waals surface area contributed by atoms with Gasteiger partial charge >= 0.3 is 12.1 Å². The molecular formula is C19H25NO5. The lowest BCUT2D eigenvalue weighted by molar-refractivity contribution is -0.146. The molecule has 1 amide bonds. The lowest BCUT2D eigenvalue weighted by Crippen LogP contribution is -2.59. The molecule has 1 aromatic carbocycles. The van der Waals surface area contributed by atoms with Crippen LogP contribution in [0, 0.1) is 5.92 Å². The van der Waals surface area contributed by atoms with Crippen LogP contribution in [-0.4, -0.2) is 48.9 Å². The maximum Gasteiger partial charge on any atom is 0.410 e. The lowest BCUT2D eigenvalue weighted by Gasteiger charge is -2.47. The summed E-state index contributed by atoms with van der Waals surface area (Å²) in [7, 11) is 0. The standard InChI is InChI=1S/C19H25NO5/c1-2-24-18(21)10-15-8-16-12-23-13-17(9-15)20(16)19(22)25-11-14-6-4-3-5-7-14/h3-7,15-17H,2,8-13H2,1H3. The second kappa shape index (κ2) is 8.34. The molecule has 6 heteroatoms. The Labute approximate surface area is 148 Å².